The molecule has 1 aromatic heterocycles. The van der Waals surface area contributed by atoms with Gasteiger partial charge in [-0.2, -0.15) is 22.0 Å². The van der Waals surface area contributed by atoms with Crippen LogP contribution < -0.4 is 15.4 Å². The van der Waals surface area contributed by atoms with Gasteiger partial charge in [0.05, 0.1) is 0 Å². The average molecular weight is 528 g/mol. The number of hydrogen-bond donors (Lipinski definition) is 2. The monoisotopic (exact) mass is 527 g/mol. The molecule has 0 aliphatic carbocycles. The van der Waals surface area contributed by atoms with Crippen molar-refractivity contribution in [3.8, 4) is 5.75 Å². The zero-order valence-corrected chi connectivity index (χ0v) is 19.8. The molecule has 36 heavy (non-hydrogen) atoms. The standard InChI is InChI=1S/C25H23ClF5N3O2/c1-32-23(35)22(16-7-9-18(26)10-8-16)34-20(17-3-2-4-19(13-17)36-24(27)28)11-5-15-6-12-21(33-14-15)25(29,30)31/h2-4,6-10,12-14,20,22,24,34H,5,11H2,1H3,(H,32,35)/t20-,22+/m1/s1. The molecule has 0 bridgehead atoms. The number of carbonyl (C=O) groups is 1. The number of likely N-dealkylation sites (N-methyl/N-ethyl adjacent to an activating group) is 1. The van der Waals surface area contributed by atoms with Gasteiger partial charge in [-0.15, -0.1) is 0 Å². The van der Waals surface area contributed by atoms with E-state index in [1.807, 2.05) is 0 Å². The second kappa shape index (κ2) is 12.1. The molecule has 11 heteroatoms. The summed E-state index contributed by atoms with van der Waals surface area (Å²) >= 11 is 5.97. The largest absolute Gasteiger partial charge is 0.435 e. The van der Waals surface area contributed by atoms with Gasteiger partial charge in [0.2, 0.25) is 5.91 Å². The summed E-state index contributed by atoms with van der Waals surface area (Å²) in [4.78, 5) is 16.2. The minimum atomic E-state index is -4.55. The Morgan fingerprint density at radius 3 is 2.36 bits per heavy atom. The van der Waals surface area contributed by atoms with Crippen molar-refractivity contribution in [3.63, 3.8) is 0 Å². The molecule has 0 spiro atoms. The van der Waals surface area contributed by atoms with Crippen molar-refractivity contribution in [3.05, 3.63) is 94.3 Å². The van der Waals surface area contributed by atoms with Gasteiger partial charge in [0.25, 0.3) is 0 Å². The van der Waals surface area contributed by atoms with Crippen molar-refractivity contribution in [2.45, 2.75) is 37.7 Å². The van der Waals surface area contributed by atoms with Crippen LogP contribution in [0.4, 0.5) is 22.0 Å². The average Bonchev–Trinajstić information content (AvgIpc) is 2.84. The zero-order chi connectivity index (χ0) is 26.3. The SMILES string of the molecule is CNC(=O)[C@@H](N[C@H](CCc1ccc(C(F)(F)F)nc1)c1cccc(OC(F)F)c1)c1ccc(Cl)cc1. The van der Waals surface area contributed by atoms with Crippen LogP contribution in [0.5, 0.6) is 5.75 Å². The topological polar surface area (TPSA) is 63.2 Å². The van der Waals surface area contributed by atoms with E-state index in [2.05, 4.69) is 20.4 Å². The Bertz CT molecular complexity index is 1140. The first-order valence-corrected chi connectivity index (χ1v) is 11.2. The third-order valence-electron chi connectivity index (χ3n) is 5.40. The van der Waals surface area contributed by atoms with Crippen LogP contribution in [0.25, 0.3) is 0 Å². The van der Waals surface area contributed by atoms with E-state index in [1.165, 1.54) is 25.2 Å². The van der Waals surface area contributed by atoms with E-state index >= 15 is 0 Å². The number of ether oxygens (including phenoxy) is 1. The van der Waals surface area contributed by atoms with Crippen LogP contribution >= 0.6 is 11.6 Å². The maximum Gasteiger partial charge on any atom is 0.433 e. The van der Waals surface area contributed by atoms with Gasteiger partial charge in [-0.3, -0.25) is 15.1 Å². The molecule has 0 aliphatic rings. The highest BCUT2D eigenvalue weighted by molar-refractivity contribution is 6.30. The minimum absolute atomic E-state index is 0.0616. The number of pyridine rings is 1. The lowest BCUT2D eigenvalue weighted by molar-refractivity contribution is -0.141. The molecule has 192 valence electrons. The predicted molar refractivity (Wildman–Crippen MR) is 125 cm³/mol. The molecule has 0 aliphatic heterocycles. The van der Waals surface area contributed by atoms with Gasteiger partial charge in [-0.05, 0) is 59.9 Å². The number of halogens is 6. The number of rotatable bonds is 10. The van der Waals surface area contributed by atoms with Crippen molar-refractivity contribution in [1.82, 2.24) is 15.6 Å². The summed E-state index contributed by atoms with van der Waals surface area (Å²) in [6.45, 7) is -3.02. The molecule has 1 heterocycles. The number of benzene rings is 2. The van der Waals surface area contributed by atoms with Crippen molar-refractivity contribution in [2.75, 3.05) is 7.05 Å². The summed E-state index contributed by atoms with van der Waals surface area (Å²) in [6, 6.07) is 13.5. The Morgan fingerprint density at radius 1 is 1.06 bits per heavy atom. The fourth-order valence-electron chi connectivity index (χ4n) is 3.63. The Balaban J connectivity index is 1.90. The fraction of sp³-hybridized carbons (Fsp3) is 0.280. The summed E-state index contributed by atoms with van der Waals surface area (Å²) in [5.74, 6) is -0.410. The van der Waals surface area contributed by atoms with Crippen LogP contribution in [-0.4, -0.2) is 24.6 Å². The van der Waals surface area contributed by atoms with Crippen LogP contribution in [0.1, 0.15) is 40.9 Å². The van der Waals surface area contributed by atoms with E-state index in [-0.39, 0.29) is 11.7 Å². The third-order valence-corrected chi connectivity index (χ3v) is 5.65. The molecular formula is C25H23ClF5N3O2. The van der Waals surface area contributed by atoms with Gasteiger partial charge < -0.3 is 10.1 Å². The second-order valence-corrected chi connectivity index (χ2v) is 8.29. The lowest BCUT2D eigenvalue weighted by atomic mass is 9.96. The van der Waals surface area contributed by atoms with E-state index in [1.54, 1.807) is 36.4 Å². The number of hydrogen-bond acceptors (Lipinski definition) is 4. The summed E-state index contributed by atoms with van der Waals surface area (Å²) in [6.07, 6.45) is -2.80. The number of alkyl halides is 5. The lowest BCUT2D eigenvalue weighted by Crippen LogP contribution is -2.38. The Kier molecular flexibility index (Phi) is 9.22. The maximum atomic E-state index is 12.8. The van der Waals surface area contributed by atoms with Crippen LogP contribution in [0, 0.1) is 0 Å². The molecule has 3 rings (SSSR count). The number of amides is 1. The molecule has 1 amide bonds. The molecule has 0 saturated carbocycles. The smallest absolute Gasteiger partial charge is 0.433 e. The number of aromatic nitrogens is 1. The molecule has 2 aromatic carbocycles. The molecule has 0 unspecified atom stereocenters. The first-order valence-electron chi connectivity index (χ1n) is 10.9. The number of nitrogens with one attached hydrogen (secondary N) is 2. The van der Waals surface area contributed by atoms with E-state index in [9.17, 15) is 26.7 Å². The van der Waals surface area contributed by atoms with Gasteiger partial charge in [0.15, 0.2) is 0 Å². The molecule has 2 N–H and O–H groups in total. The van der Waals surface area contributed by atoms with Crippen molar-refractivity contribution < 1.29 is 31.5 Å². The third kappa shape index (κ3) is 7.63. The van der Waals surface area contributed by atoms with Crippen molar-refractivity contribution in [1.29, 1.82) is 0 Å². The van der Waals surface area contributed by atoms with Crippen LogP contribution in [0.15, 0.2) is 66.9 Å². The molecule has 0 saturated heterocycles. The Labute approximate surface area is 209 Å². The number of carbonyl (C=O) groups excluding carboxylic acids is 1. The normalized spacial score (nSPS) is 13.3. The zero-order valence-electron chi connectivity index (χ0n) is 19.0. The highest BCUT2D eigenvalue weighted by Gasteiger charge is 2.32. The van der Waals surface area contributed by atoms with Crippen molar-refractivity contribution >= 4 is 17.5 Å². The second-order valence-electron chi connectivity index (χ2n) is 7.86. The lowest BCUT2D eigenvalue weighted by Gasteiger charge is -2.26. The number of nitrogens with zero attached hydrogens (tertiary/aromatic N) is 1. The summed E-state index contributed by atoms with van der Waals surface area (Å²) in [5.41, 5.74) is 0.703. The van der Waals surface area contributed by atoms with E-state index in [4.69, 9.17) is 11.6 Å². The van der Waals surface area contributed by atoms with Gasteiger partial charge in [0, 0.05) is 24.3 Å². The molecule has 3 aromatic rings. The van der Waals surface area contributed by atoms with Crippen LogP contribution in [0.3, 0.4) is 0 Å². The molecule has 0 radical (unpaired) electrons. The molecule has 0 fully saturated rings. The van der Waals surface area contributed by atoms with Gasteiger partial charge >= 0.3 is 12.8 Å². The van der Waals surface area contributed by atoms with E-state index < -0.39 is 30.6 Å². The van der Waals surface area contributed by atoms with Gasteiger partial charge in [-0.1, -0.05) is 41.9 Å². The molecule has 2 atom stereocenters. The molecule has 5 nitrogen and oxygen atoms in total. The first kappa shape index (κ1) is 27.3. The van der Waals surface area contributed by atoms with Crippen LogP contribution in [-0.2, 0) is 17.4 Å². The Hall–Kier alpha value is -3.24. The van der Waals surface area contributed by atoms with Gasteiger partial charge in [-0.25, -0.2) is 0 Å². The quantitative estimate of drug-likeness (QED) is 0.312. The van der Waals surface area contributed by atoms with Crippen LogP contribution in [0.2, 0.25) is 5.02 Å². The van der Waals surface area contributed by atoms with E-state index in [0.29, 0.717) is 34.6 Å². The summed E-state index contributed by atoms with van der Waals surface area (Å²) in [5, 5.41) is 6.32. The van der Waals surface area contributed by atoms with Gasteiger partial charge in [0.1, 0.15) is 17.5 Å². The highest BCUT2D eigenvalue weighted by atomic mass is 35.5. The minimum Gasteiger partial charge on any atom is -0.435 e. The summed E-state index contributed by atoms with van der Waals surface area (Å²) in [7, 11) is 1.48. The number of aryl methyl sites for hydroxylation is 1. The molecular weight excluding hydrogens is 505 g/mol. The first-order chi connectivity index (χ1) is 17.1. The van der Waals surface area contributed by atoms with E-state index in [0.717, 1.165) is 12.3 Å². The maximum absolute atomic E-state index is 12.8. The summed E-state index contributed by atoms with van der Waals surface area (Å²) < 4.78 is 68.6. The highest BCUT2D eigenvalue weighted by Crippen LogP contribution is 2.30. The predicted octanol–water partition coefficient (Wildman–Crippen LogP) is 6.11. The Morgan fingerprint density at radius 2 is 1.78 bits per heavy atom. The van der Waals surface area contributed by atoms with Crippen molar-refractivity contribution in [2.24, 2.45) is 0 Å². The fourth-order valence-corrected chi connectivity index (χ4v) is 3.75.